The summed E-state index contributed by atoms with van der Waals surface area (Å²) in [6.07, 6.45) is 5.85. The smallest absolute Gasteiger partial charge is 0.244 e. The molecule has 2 aromatic rings. The third-order valence-corrected chi connectivity index (χ3v) is 3.78. The molecule has 0 fully saturated rings. The van der Waals surface area contributed by atoms with Crippen molar-refractivity contribution >= 4 is 27.5 Å². The number of carbonyl (C=O) groups is 1. The molecule has 5 heteroatoms. The van der Waals surface area contributed by atoms with Gasteiger partial charge in [0.25, 0.3) is 0 Å². The highest BCUT2D eigenvalue weighted by atomic mass is 79.9. The predicted molar refractivity (Wildman–Crippen MR) is 89.0 cm³/mol. The number of benzene rings is 1. The SMILES string of the molecule is CCCC(N)c1ccn(CC(=O)Nc2ccc(Br)cc2)c1. The van der Waals surface area contributed by atoms with E-state index in [0.717, 1.165) is 28.6 Å². The summed E-state index contributed by atoms with van der Waals surface area (Å²) in [5, 5.41) is 2.87. The van der Waals surface area contributed by atoms with E-state index in [1.807, 2.05) is 47.3 Å². The maximum absolute atomic E-state index is 12.0. The molecule has 1 heterocycles. The number of anilines is 1. The van der Waals surface area contributed by atoms with Crippen molar-refractivity contribution in [1.29, 1.82) is 0 Å². The zero-order valence-corrected chi connectivity index (χ0v) is 13.6. The van der Waals surface area contributed by atoms with Gasteiger partial charge in [0.05, 0.1) is 0 Å². The summed E-state index contributed by atoms with van der Waals surface area (Å²) < 4.78 is 2.85. The van der Waals surface area contributed by atoms with Crippen LogP contribution in [-0.4, -0.2) is 10.5 Å². The Labute approximate surface area is 133 Å². The third kappa shape index (κ3) is 4.72. The molecule has 0 saturated carbocycles. The Morgan fingerprint density at radius 2 is 2.05 bits per heavy atom. The average molecular weight is 350 g/mol. The highest BCUT2D eigenvalue weighted by molar-refractivity contribution is 9.10. The quantitative estimate of drug-likeness (QED) is 0.835. The minimum Gasteiger partial charge on any atom is -0.345 e. The molecule has 0 spiro atoms. The first-order valence-corrected chi connectivity index (χ1v) is 7.84. The first-order chi connectivity index (χ1) is 10.1. The Morgan fingerprint density at radius 1 is 1.33 bits per heavy atom. The molecule has 1 amide bonds. The first kappa shape index (κ1) is 15.8. The number of hydrogen-bond donors (Lipinski definition) is 2. The van der Waals surface area contributed by atoms with Crippen LogP contribution in [0.25, 0.3) is 0 Å². The Hall–Kier alpha value is -1.59. The molecule has 4 nitrogen and oxygen atoms in total. The van der Waals surface area contributed by atoms with Crippen molar-refractivity contribution in [3.8, 4) is 0 Å². The van der Waals surface area contributed by atoms with Crippen LogP contribution >= 0.6 is 15.9 Å². The number of aromatic nitrogens is 1. The van der Waals surface area contributed by atoms with E-state index < -0.39 is 0 Å². The summed E-state index contributed by atoms with van der Waals surface area (Å²) in [7, 11) is 0. The normalized spacial score (nSPS) is 12.1. The van der Waals surface area contributed by atoms with Crippen LogP contribution < -0.4 is 11.1 Å². The van der Waals surface area contributed by atoms with Crippen LogP contribution in [0.4, 0.5) is 5.69 Å². The van der Waals surface area contributed by atoms with Gasteiger partial charge in [0.1, 0.15) is 6.54 Å². The zero-order chi connectivity index (χ0) is 15.2. The Bertz CT molecular complexity index is 592. The molecular formula is C16H20BrN3O. The Morgan fingerprint density at radius 3 is 2.71 bits per heavy atom. The van der Waals surface area contributed by atoms with Crippen LogP contribution in [-0.2, 0) is 11.3 Å². The number of carbonyl (C=O) groups excluding carboxylic acids is 1. The standard InChI is InChI=1S/C16H20BrN3O/c1-2-3-15(18)12-8-9-20(10-12)11-16(21)19-14-6-4-13(17)5-7-14/h4-10,15H,2-3,11,18H2,1H3,(H,19,21). The molecular weight excluding hydrogens is 330 g/mol. The van der Waals surface area contributed by atoms with Crippen molar-refractivity contribution in [3.63, 3.8) is 0 Å². The molecule has 0 aliphatic heterocycles. The van der Waals surface area contributed by atoms with Gasteiger partial charge in [-0.25, -0.2) is 0 Å². The summed E-state index contributed by atoms with van der Waals surface area (Å²) in [5.41, 5.74) is 7.94. The molecule has 0 bridgehead atoms. The second-order valence-corrected chi connectivity index (χ2v) is 5.98. The van der Waals surface area contributed by atoms with Gasteiger partial charge in [-0.3, -0.25) is 4.79 Å². The molecule has 0 aliphatic rings. The topological polar surface area (TPSA) is 60.0 Å². The number of amides is 1. The van der Waals surface area contributed by atoms with Gasteiger partial charge < -0.3 is 15.6 Å². The number of halogens is 1. The summed E-state index contributed by atoms with van der Waals surface area (Å²) in [6, 6.07) is 9.54. The number of nitrogens with one attached hydrogen (secondary N) is 1. The van der Waals surface area contributed by atoms with E-state index in [1.54, 1.807) is 0 Å². The van der Waals surface area contributed by atoms with Crippen LogP contribution in [0, 0.1) is 0 Å². The Balaban J connectivity index is 1.92. The molecule has 0 radical (unpaired) electrons. The number of nitrogens with two attached hydrogens (primary N) is 1. The molecule has 112 valence electrons. The minimum absolute atomic E-state index is 0.0470. The molecule has 1 aromatic heterocycles. The molecule has 2 rings (SSSR count). The third-order valence-electron chi connectivity index (χ3n) is 3.26. The van der Waals surface area contributed by atoms with Crippen LogP contribution in [0.5, 0.6) is 0 Å². The first-order valence-electron chi connectivity index (χ1n) is 7.05. The van der Waals surface area contributed by atoms with E-state index in [9.17, 15) is 4.79 Å². The number of rotatable bonds is 6. The minimum atomic E-state index is -0.0523. The number of nitrogens with zero attached hydrogens (tertiary/aromatic N) is 1. The van der Waals surface area contributed by atoms with Gasteiger partial charge in [-0.05, 0) is 42.3 Å². The van der Waals surface area contributed by atoms with Gasteiger partial charge in [0, 0.05) is 28.6 Å². The van der Waals surface area contributed by atoms with Crippen LogP contribution in [0.3, 0.4) is 0 Å². The van der Waals surface area contributed by atoms with Gasteiger partial charge in [-0.2, -0.15) is 0 Å². The van der Waals surface area contributed by atoms with E-state index in [2.05, 4.69) is 28.2 Å². The van der Waals surface area contributed by atoms with E-state index >= 15 is 0 Å². The monoisotopic (exact) mass is 349 g/mol. The van der Waals surface area contributed by atoms with E-state index in [4.69, 9.17) is 5.73 Å². The molecule has 1 atom stereocenters. The predicted octanol–water partition coefficient (Wildman–Crippen LogP) is 3.69. The summed E-state index contributed by atoms with van der Waals surface area (Å²) >= 11 is 3.37. The number of hydrogen-bond acceptors (Lipinski definition) is 2. The largest absolute Gasteiger partial charge is 0.345 e. The maximum atomic E-state index is 12.0. The van der Waals surface area contributed by atoms with E-state index in [1.165, 1.54) is 0 Å². The molecule has 0 aliphatic carbocycles. The van der Waals surface area contributed by atoms with Gasteiger partial charge in [-0.1, -0.05) is 29.3 Å². The van der Waals surface area contributed by atoms with Gasteiger partial charge >= 0.3 is 0 Å². The fraction of sp³-hybridized carbons (Fsp3) is 0.312. The lowest BCUT2D eigenvalue weighted by Gasteiger charge is -2.08. The second kappa shape index (κ2) is 7.43. The van der Waals surface area contributed by atoms with Gasteiger partial charge in [0.2, 0.25) is 5.91 Å². The van der Waals surface area contributed by atoms with Crippen LogP contribution in [0.2, 0.25) is 0 Å². The summed E-state index contributed by atoms with van der Waals surface area (Å²) in [6.45, 7) is 2.40. The fourth-order valence-corrected chi connectivity index (χ4v) is 2.42. The van der Waals surface area contributed by atoms with Crippen molar-refractivity contribution in [1.82, 2.24) is 4.57 Å². The van der Waals surface area contributed by atoms with Crippen molar-refractivity contribution in [2.45, 2.75) is 32.4 Å². The Kier molecular flexibility index (Phi) is 5.59. The van der Waals surface area contributed by atoms with Crippen molar-refractivity contribution in [2.24, 2.45) is 5.73 Å². The van der Waals surface area contributed by atoms with Crippen molar-refractivity contribution in [2.75, 3.05) is 5.32 Å². The van der Waals surface area contributed by atoms with Crippen molar-refractivity contribution < 1.29 is 4.79 Å². The molecule has 0 saturated heterocycles. The lowest BCUT2D eigenvalue weighted by atomic mass is 10.1. The summed E-state index contributed by atoms with van der Waals surface area (Å²) in [5.74, 6) is -0.0523. The maximum Gasteiger partial charge on any atom is 0.244 e. The molecule has 1 aromatic carbocycles. The molecule has 21 heavy (non-hydrogen) atoms. The highest BCUT2D eigenvalue weighted by Gasteiger charge is 2.08. The summed E-state index contributed by atoms with van der Waals surface area (Å²) in [4.78, 5) is 12.0. The van der Waals surface area contributed by atoms with Crippen molar-refractivity contribution in [3.05, 3.63) is 52.8 Å². The van der Waals surface area contributed by atoms with Gasteiger partial charge in [0.15, 0.2) is 0 Å². The van der Waals surface area contributed by atoms with Crippen LogP contribution in [0.1, 0.15) is 31.4 Å². The zero-order valence-electron chi connectivity index (χ0n) is 12.1. The van der Waals surface area contributed by atoms with Crippen LogP contribution in [0.15, 0.2) is 47.2 Å². The lowest BCUT2D eigenvalue weighted by molar-refractivity contribution is -0.116. The average Bonchev–Trinajstić information content (AvgIpc) is 2.90. The molecule has 1 unspecified atom stereocenters. The molecule has 3 N–H and O–H groups in total. The van der Waals surface area contributed by atoms with E-state index in [0.29, 0.717) is 0 Å². The van der Waals surface area contributed by atoms with E-state index in [-0.39, 0.29) is 18.5 Å². The second-order valence-electron chi connectivity index (χ2n) is 5.07. The van der Waals surface area contributed by atoms with Gasteiger partial charge in [-0.15, -0.1) is 0 Å². The lowest BCUT2D eigenvalue weighted by Crippen LogP contribution is -2.18. The highest BCUT2D eigenvalue weighted by Crippen LogP contribution is 2.16. The fourth-order valence-electron chi connectivity index (χ4n) is 2.15.